The standard InChI is InChI=1S/C121H82N10/c122-75-103(79-59-67-92(68-60-79)130(89-41-15-5-16-42-89)91-65-57-78(58-66-91)84-73-101(116(124-77-84)128-117-99-49-23-29-82-31-25-55-109(125-117)112(82)99)95-47-27-53-107-114(95)97-45-19-21-51-105(97)120(107,85-33-7-1-8-34-85)86-35-9-2-10-36-86)104(76-123)80-61-69-93(70-62-80)131(90-43-17-6-18-44-90)94-71-63-81(64-72-94)111-74-102(119(127-111)129-118-100-50-24-30-83-32-26-56-110(126-118)113(83)100)96-48-28-54-108-115(96)98-46-20-22-52-106(98)121(108,87-37-11-3-12-38-87)88-39-13-4-14-40-88/h1-74,77,116-118,124-126,128H/p+1. The zero-order valence-electron chi connectivity index (χ0n) is 71.3. The Balaban J connectivity index is 0.540. The van der Waals surface area contributed by atoms with Gasteiger partial charge < -0.3 is 25.8 Å². The maximum Gasteiger partial charge on any atom is 0.378 e. The summed E-state index contributed by atoms with van der Waals surface area (Å²) >= 11 is 0. The molecule has 0 spiro atoms. The van der Waals surface area contributed by atoms with Crippen molar-refractivity contribution in [1.82, 2.24) is 20.6 Å². The summed E-state index contributed by atoms with van der Waals surface area (Å²) in [6, 6.07) is 161. The number of para-hydroxylation sites is 2. The summed E-state index contributed by atoms with van der Waals surface area (Å²) < 4.78 is 5.63. The summed E-state index contributed by atoms with van der Waals surface area (Å²) in [6.07, 6.45) is 6.05. The van der Waals surface area contributed by atoms with Gasteiger partial charge in [0.25, 0.3) is 0 Å². The number of benzene rings is 18. The lowest BCUT2D eigenvalue weighted by atomic mass is 9.67. The van der Waals surface area contributed by atoms with E-state index in [9.17, 15) is 10.5 Å². The normalized spacial score (nSPS) is 16.0. The molecule has 0 saturated carbocycles. The van der Waals surface area contributed by atoms with E-state index in [1.165, 1.54) is 99.4 Å². The second-order valence-electron chi connectivity index (χ2n) is 34.2. The van der Waals surface area contributed by atoms with Gasteiger partial charge in [-0.05, 0) is 225 Å². The summed E-state index contributed by atoms with van der Waals surface area (Å²) in [6.45, 7) is 0. The van der Waals surface area contributed by atoms with Gasteiger partial charge in [-0.2, -0.15) is 10.5 Å². The van der Waals surface area contributed by atoms with E-state index in [2.05, 4.69) is 431 Å². The van der Waals surface area contributed by atoms with Crippen LogP contribution in [0.5, 0.6) is 0 Å². The molecular weight excluding hydrogens is 1590 g/mol. The van der Waals surface area contributed by atoms with Crippen LogP contribution in [0.4, 0.5) is 45.5 Å². The molecule has 10 nitrogen and oxygen atoms in total. The van der Waals surface area contributed by atoms with E-state index in [0.717, 1.165) is 96.0 Å². The monoisotopic (exact) mass is 1680 g/mol. The molecule has 5 N–H and O–H groups in total. The van der Waals surface area contributed by atoms with Gasteiger partial charge >= 0.3 is 5.84 Å². The van der Waals surface area contributed by atoms with Gasteiger partial charge in [-0.3, -0.25) is 5.32 Å². The Morgan fingerprint density at radius 3 is 1.15 bits per heavy atom. The third-order valence-electron chi connectivity index (χ3n) is 27.3. The van der Waals surface area contributed by atoms with E-state index in [1.54, 1.807) is 0 Å². The van der Waals surface area contributed by atoms with Crippen LogP contribution in [0.3, 0.4) is 0 Å². The maximum absolute atomic E-state index is 11.2. The first kappa shape index (κ1) is 77.2. The van der Waals surface area contributed by atoms with E-state index in [1.807, 2.05) is 72.8 Å². The van der Waals surface area contributed by atoms with Gasteiger partial charge in [0.2, 0.25) is 5.71 Å². The molecule has 24 rings (SSSR count). The van der Waals surface area contributed by atoms with Crippen molar-refractivity contribution in [2.45, 2.75) is 29.3 Å². The van der Waals surface area contributed by atoms with Crippen LogP contribution in [0.1, 0.15) is 101 Å². The fourth-order valence-corrected chi connectivity index (χ4v) is 21.6. The van der Waals surface area contributed by atoms with Gasteiger partial charge in [-0.25, -0.2) is 9.98 Å². The Hall–Kier alpha value is -17.4. The molecule has 4 aliphatic heterocycles. The zero-order valence-corrected chi connectivity index (χ0v) is 71.3. The van der Waals surface area contributed by atoms with Crippen molar-refractivity contribution < 1.29 is 0 Å². The topological polar surface area (TPSA) is 128 Å². The number of hydrogen-bond donors (Lipinski definition) is 5. The van der Waals surface area contributed by atoms with Gasteiger partial charge in [-0.1, -0.05) is 340 Å². The predicted octanol–water partition coefficient (Wildman–Crippen LogP) is 26.8. The van der Waals surface area contributed by atoms with Crippen molar-refractivity contribution in [3.63, 3.8) is 0 Å². The molecule has 2 aliphatic carbocycles. The summed E-state index contributed by atoms with van der Waals surface area (Å²) in [5.74, 6) is 0.773. The highest BCUT2D eigenvalue weighted by Crippen LogP contribution is 2.61. The van der Waals surface area contributed by atoms with Crippen molar-refractivity contribution in [3.05, 3.63) is 544 Å². The Labute approximate surface area is 760 Å². The van der Waals surface area contributed by atoms with Gasteiger partial charge in [0.15, 0.2) is 6.17 Å². The summed E-state index contributed by atoms with van der Waals surface area (Å²) in [7, 11) is 0. The first-order chi connectivity index (χ1) is 64.9. The number of nitrogens with one attached hydrogen (secondary N) is 5. The Morgan fingerprint density at radius 1 is 0.321 bits per heavy atom. The molecule has 0 saturated heterocycles. The number of allylic oxidation sites excluding steroid dienone is 5. The number of nitriles is 2. The Bertz CT molecular complexity index is 7810. The quantitative estimate of drug-likeness (QED) is 0.0305. The first-order valence-electron chi connectivity index (χ1n) is 44.7. The third-order valence-corrected chi connectivity index (χ3v) is 27.3. The molecule has 0 amide bonds. The van der Waals surface area contributed by atoms with Crippen LogP contribution in [-0.2, 0) is 10.8 Å². The van der Waals surface area contributed by atoms with Gasteiger partial charge in [-0.15, -0.1) is 0 Å². The maximum atomic E-state index is 11.2. The SMILES string of the molecule is N#CC(=C(C#N)c1ccc(N(c2ccccc2)c2ccc(C3=[N+]=C(NC4Nc5cccc6cccc4c56)C(c4cccc5c4-c4ccccc4C5(c4ccccc4)c4ccccc4)=C3)cc2)cc1)c1ccc(N(c2ccccc2)c2ccc(C3=CNC(NC4Nc5cccc6cccc4c56)C(c4cccc5c4-c4ccccc4C5(c4ccccc4)c4ccccc4)=C3)cc2)cc1. The van der Waals surface area contributed by atoms with Gasteiger partial charge in [0.1, 0.15) is 24.5 Å². The van der Waals surface area contributed by atoms with Crippen molar-refractivity contribution in [1.29, 1.82) is 10.5 Å². The van der Waals surface area contributed by atoms with Gasteiger partial charge in [0.05, 0.1) is 27.5 Å². The van der Waals surface area contributed by atoms with E-state index in [-0.39, 0.29) is 29.6 Å². The van der Waals surface area contributed by atoms with Crippen molar-refractivity contribution in [2.24, 2.45) is 0 Å². The van der Waals surface area contributed by atoms with E-state index in [0.29, 0.717) is 11.1 Å². The fourth-order valence-electron chi connectivity index (χ4n) is 21.6. The molecule has 4 heterocycles. The summed E-state index contributed by atoms with van der Waals surface area (Å²) in [5.41, 5.74) is 33.5. The molecule has 18 aromatic rings. The molecule has 0 aromatic heterocycles. The second kappa shape index (κ2) is 31.9. The lowest BCUT2D eigenvalue weighted by Gasteiger charge is -2.34. The first-order valence-corrected chi connectivity index (χ1v) is 44.7. The average Bonchev–Trinajstić information content (AvgIpc) is 1.54. The second-order valence-corrected chi connectivity index (χ2v) is 34.2. The molecular formula is C121H83N10+. The fraction of sp³-hybridized carbons (Fsp3) is 0.0413. The lowest BCUT2D eigenvalue weighted by Crippen LogP contribution is -2.45. The van der Waals surface area contributed by atoms with Crippen LogP contribution in [0.15, 0.2) is 455 Å². The summed E-state index contributed by atoms with van der Waals surface area (Å²) in [4.78, 5) is 4.44. The molecule has 0 fully saturated rings. The number of anilines is 8. The molecule has 6 aliphatic rings. The molecule has 131 heavy (non-hydrogen) atoms. The minimum Gasteiger partial charge on any atom is -0.371 e. The molecule has 3 atom stereocenters. The minimum atomic E-state index is -0.590. The van der Waals surface area contributed by atoms with E-state index < -0.39 is 10.8 Å². The number of fused-ring (bicyclic) bond motifs is 6. The third kappa shape index (κ3) is 12.7. The van der Waals surface area contributed by atoms with Gasteiger partial charge in [0, 0.05) is 79.7 Å². The highest BCUT2D eigenvalue weighted by molar-refractivity contribution is 6.35. The number of amidine groups is 1. The van der Waals surface area contributed by atoms with E-state index >= 15 is 0 Å². The number of hydrogen-bond acceptors (Lipinski definition) is 9. The van der Waals surface area contributed by atoms with Crippen LogP contribution >= 0.6 is 0 Å². The van der Waals surface area contributed by atoms with Crippen LogP contribution in [0.25, 0.3) is 71.7 Å². The van der Waals surface area contributed by atoms with Crippen molar-refractivity contribution in [3.8, 4) is 34.4 Å². The average molecular weight is 1680 g/mol. The largest absolute Gasteiger partial charge is 0.378 e. The lowest BCUT2D eigenvalue weighted by molar-refractivity contribution is 0.504. The highest BCUT2D eigenvalue weighted by Gasteiger charge is 2.50. The van der Waals surface area contributed by atoms with Crippen LogP contribution in [0, 0.1) is 22.7 Å². The summed E-state index contributed by atoms with van der Waals surface area (Å²) in [5, 5.41) is 47.0. The van der Waals surface area contributed by atoms with Crippen LogP contribution < -0.4 is 41.1 Å². The minimum absolute atomic E-state index is 0.178. The molecule has 3 unspecified atom stereocenters. The Morgan fingerprint density at radius 2 is 0.687 bits per heavy atom. The Kier molecular flexibility index (Phi) is 18.8. The van der Waals surface area contributed by atoms with E-state index in [4.69, 9.17) is 4.67 Å². The molecule has 18 aromatic carbocycles. The number of nitrogens with zero attached hydrogens (tertiary/aromatic N) is 5. The predicted molar refractivity (Wildman–Crippen MR) is 537 cm³/mol. The smallest absolute Gasteiger partial charge is 0.371 e. The van der Waals surface area contributed by atoms with Crippen LogP contribution in [0.2, 0.25) is 0 Å². The number of rotatable bonds is 19. The van der Waals surface area contributed by atoms with Crippen molar-refractivity contribution >= 4 is 106 Å². The number of dihydropyridines is 1. The molecule has 10 heteroatoms. The molecule has 0 bridgehead atoms. The molecule has 0 radical (unpaired) electrons. The zero-order chi connectivity index (χ0) is 87.1. The van der Waals surface area contributed by atoms with Crippen molar-refractivity contribution in [2.75, 3.05) is 20.4 Å². The molecule has 616 valence electrons. The van der Waals surface area contributed by atoms with Crippen LogP contribution in [-0.4, -0.2) is 17.7 Å². The highest BCUT2D eigenvalue weighted by atomic mass is 15.2.